The minimum atomic E-state index is -0.0458. The van der Waals surface area contributed by atoms with E-state index in [1.54, 1.807) is 0 Å². The molecule has 1 saturated carbocycles. The number of hydrogen-bond donors (Lipinski definition) is 1. The molecule has 0 saturated heterocycles. The largest absolute Gasteiger partial charge is 0.369 e. The molecule has 4 heteroatoms. The van der Waals surface area contributed by atoms with Gasteiger partial charge in [-0.05, 0) is 30.9 Å². The Morgan fingerprint density at radius 2 is 1.95 bits per heavy atom. The van der Waals surface area contributed by atoms with Gasteiger partial charge in [0.05, 0.1) is 0 Å². The first-order valence-corrected chi connectivity index (χ1v) is 7.87. The third-order valence-corrected chi connectivity index (χ3v) is 4.56. The summed E-state index contributed by atoms with van der Waals surface area (Å²) >= 11 is 5.32. The quantitative estimate of drug-likeness (QED) is 0.807. The average molecular weight is 288 g/mol. The van der Waals surface area contributed by atoms with E-state index in [1.165, 1.54) is 24.8 Å². The van der Waals surface area contributed by atoms with Crippen LogP contribution in [0.1, 0.15) is 37.7 Å². The number of nitrogens with one attached hydrogen (secondary N) is 1. The van der Waals surface area contributed by atoms with E-state index in [0.717, 1.165) is 31.5 Å². The molecule has 1 aromatic rings. The highest BCUT2D eigenvalue weighted by molar-refractivity contribution is 7.82. The third kappa shape index (κ3) is 2.70. The maximum absolute atomic E-state index is 12.5. The third-order valence-electron chi connectivity index (χ3n) is 4.27. The lowest BCUT2D eigenvalue weighted by molar-refractivity contribution is -0.112. The molecule has 1 aliphatic carbocycles. The molecule has 1 amide bonds. The van der Waals surface area contributed by atoms with Crippen molar-refractivity contribution in [1.29, 1.82) is 0 Å². The van der Waals surface area contributed by atoms with Gasteiger partial charge in [0, 0.05) is 18.3 Å². The molecule has 0 spiro atoms. The summed E-state index contributed by atoms with van der Waals surface area (Å²) < 4.78 is 0. The lowest BCUT2D eigenvalue weighted by Crippen LogP contribution is -2.45. The summed E-state index contributed by atoms with van der Waals surface area (Å²) in [5, 5.41) is 3.27. The zero-order valence-corrected chi connectivity index (χ0v) is 12.4. The molecule has 1 heterocycles. The van der Waals surface area contributed by atoms with Gasteiger partial charge in [0.15, 0.2) is 4.99 Å². The lowest BCUT2D eigenvalue weighted by atomic mass is 9.95. The van der Waals surface area contributed by atoms with Crippen LogP contribution in [0.3, 0.4) is 0 Å². The van der Waals surface area contributed by atoms with Gasteiger partial charge in [-0.15, -0.1) is 0 Å². The number of nitrogens with zero attached hydrogens (tertiary/aromatic N) is 1. The highest BCUT2D eigenvalue weighted by Gasteiger charge is 2.27. The van der Waals surface area contributed by atoms with Gasteiger partial charge < -0.3 is 10.2 Å². The molecule has 0 aromatic heterocycles. The summed E-state index contributed by atoms with van der Waals surface area (Å²) in [5.41, 5.74) is 2.26. The first-order valence-electron chi connectivity index (χ1n) is 7.46. The van der Waals surface area contributed by atoms with E-state index < -0.39 is 0 Å². The molecule has 0 unspecified atom stereocenters. The Labute approximate surface area is 125 Å². The summed E-state index contributed by atoms with van der Waals surface area (Å²) in [6, 6.07) is 8.47. The van der Waals surface area contributed by atoms with Crippen molar-refractivity contribution in [1.82, 2.24) is 5.32 Å². The molecule has 1 fully saturated rings. The number of carbonyl (C=O) groups is 1. The summed E-state index contributed by atoms with van der Waals surface area (Å²) in [4.78, 5) is 14.7. The predicted octanol–water partition coefficient (Wildman–Crippen LogP) is 2.83. The van der Waals surface area contributed by atoms with E-state index in [0.29, 0.717) is 11.0 Å². The number of hydrogen-bond acceptors (Lipinski definition) is 2. The topological polar surface area (TPSA) is 32.3 Å². The Kier molecular flexibility index (Phi) is 4.01. The van der Waals surface area contributed by atoms with Crippen LogP contribution < -0.4 is 10.2 Å². The molecule has 106 valence electrons. The minimum Gasteiger partial charge on any atom is -0.369 e. The van der Waals surface area contributed by atoms with Gasteiger partial charge in [-0.1, -0.05) is 49.7 Å². The van der Waals surface area contributed by atoms with Crippen molar-refractivity contribution in [3.63, 3.8) is 0 Å². The molecule has 1 aliphatic heterocycles. The van der Waals surface area contributed by atoms with E-state index in [2.05, 4.69) is 11.4 Å². The number of benzene rings is 1. The van der Waals surface area contributed by atoms with Crippen molar-refractivity contribution >= 4 is 28.8 Å². The van der Waals surface area contributed by atoms with E-state index in [9.17, 15) is 4.79 Å². The van der Waals surface area contributed by atoms with Gasteiger partial charge in [0.25, 0.3) is 5.91 Å². The molecule has 0 radical (unpaired) electrons. The fraction of sp³-hybridized carbons (Fsp3) is 0.500. The predicted molar refractivity (Wildman–Crippen MR) is 85.1 cm³/mol. The molecule has 1 N–H and O–H groups in total. The summed E-state index contributed by atoms with van der Waals surface area (Å²) in [6.45, 7) is 0.741. The first kappa shape index (κ1) is 13.6. The molecular formula is C16H20N2OS. The molecule has 3 rings (SSSR count). The average Bonchev–Trinajstić information content (AvgIpc) is 2.91. The minimum absolute atomic E-state index is 0.0458. The molecule has 20 heavy (non-hydrogen) atoms. The standard InChI is InChI=1S/C16H20N2OS/c19-16(15(20)17-13-7-2-1-3-8-13)18-11-10-12-6-4-5-9-14(12)18/h4-6,9,13H,1-3,7-8,10-11H2,(H,17,20). The van der Waals surface area contributed by atoms with Crippen LogP contribution in [0.5, 0.6) is 0 Å². The van der Waals surface area contributed by atoms with Crippen LogP contribution in [0.15, 0.2) is 24.3 Å². The van der Waals surface area contributed by atoms with Crippen LogP contribution in [-0.4, -0.2) is 23.5 Å². The van der Waals surface area contributed by atoms with Gasteiger partial charge in [0.2, 0.25) is 0 Å². The molecule has 3 nitrogen and oxygen atoms in total. The van der Waals surface area contributed by atoms with Crippen molar-refractivity contribution in [2.75, 3.05) is 11.4 Å². The van der Waals surface area contributed by atoms with Gasteiger partial charge in [-0.25, -0.2) is 0 Å². The Bertz CT molecular complexity index is 523. The fourth-order valence-corrected chi connectivity index (χ4v) is 3.44. The number of para-hydroxylation sites is 1. The zero-order valence-electron chi connectivity index (χ0n) is 11.6. The van der Waals surface area contributed by atoms with Crippen LogP contribution >= 0.6 is 12.2 Å². The van der Waals surface area contributed by atoms with E-state index in [-0.39, 0.29) is 5.91 Å². The smallest absolute Gasteiger partial charge is 0.285 e. The summed E-state index contributed by atoms with van der Waals surface area (Å²) in [7, 11) is 0. The van der Waals surface area contributed by atoms with Gasteiger partial charge in [0.1, 0.15) is 0 Å². The highest BCUT2D eigenvalue weighted by Crippen LogP contribution is 2.27. The Morgan fingerprint density at radius 1 is 1.20 bits per heavy atom. The van der Waals surface area contributed by atoms with Crippen LogP contribution in [0.25, 0.3) is 0 Å². The van der Waals surface area contributed by atoms with Crippen molar-refractivity contribution in [3.05, 3.63) is 29.8 Å². The molecule has 1 aromatic carbocycles. The van der Waals surface area contributed by atoms with Gasteiger partial charge in [-0.2, -0.15) is 0 Å². The number of carbonyl (C=O) groups excluding carboxylic acids is 1. The number of fused-ring (bicyclic) bond motifs is 1. The van der Waals surface area contributed by atoms with Crippen LogP contribution in [0.2, 0.25) is 0 Å². The monoisotopic (exact) mass is 288 g/mol. The second-order valence-electron chi connectivity index (χ2n) is 5.64. The number of rotatable bonds is 1. The van der Waals surface area contributed by atoms with Crippen molar-refractivity contribution in [2.45, 2.75) is 44.6 Å². The van der Waals surface area contributed by atoms with E-state index in [4.69, 9.17) is 12.2 Å². The van der Waals surface area contributed by atoms with E-state index in [1.807, 2.05) is 23.1 Å². The second-order valence-corrected chi connectivity index (χ2v) is 6.05. The normalized spacial score (nSPS) is 18.7. The maximum Gasteiger partial charge on any atom is 0.285 e. The van der Waals surface area contributed by atoms with Crippen molar-refractivity contribution < 1.29 is 4.79 Å². The van der Waals surface area contributed by atoms with Crippen LogP contribution in [0, 0.1) is 0 Å². The summed E-state index contributed by atoms with van der Waals surface area (Å²) in [5.74, 6) is -0.0458. The van der Waals surface area contributed by atoms with Crippen LogP contribution in [-0.2, 0) is 11.2 Å². The van der Waals surface area contributed by atoms with Crippen molar-refractivity contribution in [2.24, 2.45) is 0 Å². The van der Waals surface area contributed by atoms with Gasteiger partial charge >= 0.3 is 0 Å². The van der Waals surface area contributed by atoms with Gasteiger partial charge in [-0.3, -0.25) is 4.79 Å². The highest BCUT2D eigenvalue weighted by atomic mass is 32.1. The zero-order chi connectivity index (χ0) is 13.9. The molecule has 2 aliphatic rings. The van der Waals surface area contributed by atoms with Crippen LogP contribution in [0.4, 0.5) is 5.69 Å². The second kappa shape index (κ2) is 5.92. The molecular weight excluding hydrogens is 268 g/mol. The summed E-state index contributed by atoms with van der Waals surface area (Å²) in [6.07, 6.45) is 6.96. The molecule has 0 atom stereocenters. The SMILES string of the molecule is O=C(C(=S)NC1CCCCC1)N1CCc2ccccc21. The van der Waals surface area contributed by atoms with Crippen molar-refractivity contribution in [3.8, 4) is 0 Å². The maximum atomic E-state index is 12.5. The fourth-order valence-electron chi connectivity index (χ4n) is 3.17. The number of thiocarbonyl (C=S) groups is 1. The Balaban J connectivity index is 1.65. The number of anilines is 1. The Morgan fingerprint density at radius 3 is 2.75 bits per heavy atom. The van der Waals surface area contributed by atoms with E-state index >= 15 is 0 Å². The molecule has 0 bridgehead atoms. The Hall–Kier alpha value is -1.42. The lowest BCUT2D eigenvalue weighted by Gasteiger charge is -2.25. The first-order chi connectivity index (χ1) is 9.75. The number of amides is 1.